The van der Waals surface area contributed by atoms with Crippen molar-refractivity contribution in [2.24, 2.45) is 5.73 Å². The fraction of sp³-hybridized carbons (Fsp3) is 0.136. The number of primary amides is 1. The highest BCUT2D eigenvalue weighted by atomic mass is 35.5. The molecule has 1 aromatic heterocycles. The molecule has 4 rings (SSSR count). The number of halogens is 5. The first kappa shape index (κ1) is 23.9. The molecule has 33 heavy (non-hydrogen) atoms. The molecule has 3 aromatic rings. The fourth-order valence-electron chi connectivity index (χ4n) is 4.05. The Kier molecular flexibility index (Phi) is 6.18. The first-order chi connectivity index (χ1) is 15.5. The predicted molar refractivity (Wildman–Crippen MR) is 131 cm³/mol. The molecule has 0 aliphatic heterocycles. The zero-order valence-electron chi connectivity index (χ0n) is 16.5. The van der Waals surface area contributed by atoms with E-state index in [0.29, 0.717) is 21.2 Å². The lowest BCUT2D eigenvalue weighted by Gasteiger charge is -2.18. The summed E-state index contributed by atoms with van der Waals surface area (Å²) in [5, 5.41) is 3.48. The van der Waals surface area contributed by atoms with Gasteiger partial charge in [0.25, 0.3) is 5.91 Å². The highest BCUT2D eigenvalue weighted by Crippen LogP contribution is 2.74. The van der Waals surface area contributed by atoms with E-state index in [2.05, 4.69) is 10.3 Å². The molecule has 0 radical (unpaired) electrons. The second-order valence-electron chi connectivity index (χ2n) is 7.51. The maximum Gasteiger partial charge on any atom is 0.272 e. The molecule has 1 aliphatic carbocycles. The van der Waals surface area contributed by atoms with Crippen molar-refractivity contribution in [2.75, 3.05) is 5.32 Å². The number of benzene rings is 2. The smallest absolute Gasteiger partial charge is 0.272 e. The Morgan fingerprint density at radius 3 is 2.24 bits per heavy atom. The molecule has 2 aromatic carbocycles. The summed E-state index contributed by atoms with van der Waals surface area (Å²) in [5.74, 6) is -2.16. The van der Waals surface area contributed by atoms with Crippen molar-refractivity contribution in [1.29, 1.82) is 0 Å². The molecule has 1 fully saturated rings. The molecular formula is C22H14Cl5N3O3. The van der Waals surface area contributed by atoms with Crippen molar-refractivity contribution < 1.29 is 9.59 Å². The third-order valence-electron chi connectivity index (χ3n) is 5.53. The number of hydrogen-bond donors (Lipinski definition) is 3. The summed E-state index contributed by atoms with van der Waals surface area (Å²) in [6, 6.07) is 13.4. The Balaban J connectivity index is 1.77. The number of aromatic amines is 1. The summed E-state index contributed by atoms with van der Waals surface area (Å²) < 4.78 is -1.62. The van der Waals surface area contributed by atoms with E-state index in [-0.39, 0.29) is 16.4 Å². The number of pyridine rings is 1. The number of alkyl halides is 2. The number of hydrogen-bond acceptors (Lipinski definition) is 3. The quantitative estimate of drug-likeness (QED) is 0.380. The summed E-state index contributed by atoms with van der Waals surface area (Å²) in [6.45, 7) is 0. The molecule has 1 heterocycles. The summed E-state index contributed by atoms with van der Waals surface area (Å²) in [5.41, 5.74) is 4.88. The third kappa shape index (κ3) is 4.00. The van der Waals surface area contributed by atoms with Crippen LogP contribution in [0.25, 0.3) is 0 Å². The standard InChI is InChI=1S/C22H14Cl5N3O3/c23-12-6-10(7-13(24)9-12)18-21(20(28)33,22(18,26)27)11-4-5-14(25)16(8-11)30-19(32)15-2-1-3-17(31)29-15/h1-9,18H,(H2,28,33)(H,29,31)(H,30,32). The Hall–Kier alpha value is -2.22. The molecule has 0 saturated heterocycles. The van der Waals surface area contributed by atoms with Gasteiger partial charge in [-0.2, -0.15) is 0 Å². The molecule has 11 heteroatoms. The van der Waals surface area contributed by atoms with Crippen LogP contribution in [-0.4, -0.2) is 21.1 Å². The largest absolute Gasteiger partial charge is 0.369 e. The van der Waals surface area contributed by atoms with E-state index < -0.39 is 33.0 Å². The van der Waals surface area contributed by atoms with Crippen LogP contribution in [0.3, 0.4) is 0 Å². The number of rotatable bonds is 5. The minimum Gasteiger partial charge on any atom is -0.369 e. The van der Waals surface area contributed by atoms with Gasteiger partial charge in [-0.15, -0.1) is 0 Å². The normalized spacial score (nSPS) is 20.8. The van der Waals surface area contributed by atoms with E-state index >= 15 is 0 Å². The summed E-state index contributed by atoms with van der Waals surface area (Å²) in [4.78, 5) is 39.3. The van der Waals surface area contributed by atoms with Crippen molar-refractivity contribution in [3.8, 4) is 0 Å². The number of nitrogens with one attached hydrogen (secondary N) is 2. The van der Waals surface area contributed by atoms with Gasteiger partial charge in [0.15, 0.2) is 0 Å². The average molecular weight is 546 g/mol. The molecule has 170 valence electrons. The Morgan fingerprint density at radius 1 is 0.970 bits per heavy atom. The van der Waals surface area contributed by atoms with Gasteiger partial charge in [-0.25, -0.2) is 0 Å². The lowest BCUT2D eigenvalue weighted by atomic mass is 9.89. The number of amides is 2. The van der Waals surface area contributed by atoms with E-state index in [1.165, 1.54) is 36.4 Å². The van der Waals surface area contributed by atoms with Crippen LogP contribution in [0.15, 0.2) is 59.4 Å². The second kappa shape index (κ2) is 8.53. The van der Waals surface area contributed by atoms with Crippen LogP contribution < -0.4 is 16.6 Å². The topological polar surface area (TPSA) is 105 Å². The predicted octanol–water partition coefficient (Wildman–Crippen LogP) is 5.28. The van der Waals surface area contributed by atoms with Crippen LogP contribution in [0, 0.1) is 0 Å². The molecule has 1 saturated carbocycles. The first-order valence-electron chi connectivity index (χ1n) is 9.43. The van der Waals surface area contributed by atoms with Crippen molar-refractivity contribution in [2.45, 2.75) is 15.7 Å². The Morgan fingerprint density at radius 2 is 1.64 bits per heavy atom. The number of carbonyl (C=O) groups excluding carboxylic acids is 2. The van der Waals surface area contributed by atoms with Gasteiger partial charge >= 0.3 is 0 Å². The van der Waals surface area contributed by atoms with Gasteiger partial charge in [-0.1, -0.05) is 70.1 Å². The Labute approximate surface area is 212 Å². The number of anilines is 1. The van der Waals surface area contributed by atoms with E-state index in [0.717, 1.165) is 0 Å². The minimum absolute atomic E-state index is 0.0236. The van der Waals surface area contributed by atoms with Gasteiger partial charge in [-0.05, 0) is 47.5 Å². The molecule has 2 unspecified atom stereocenters. The second-order valence-corrected chi connectivity index (χ2v) is 10.2. The molecular weight excluding hydrogens is 532 g/mol. The van der Waals surface area contributed by atoms with Gasteiger partial charge in [-0.3, -0.25) is 14.4 Å². The number of aromatic nitrogens is 1. The number of carbonyl (C=O) groups is 2. The molecule has 0 spiro atoms. The monoisotopic (exact) mass is 543 g/mol. The molecule has 2 amide bonds. The van der Waals surface area contributed by atoms with Gasteiger partial charge in [0, 0.05) is 22.0 Å². The number of H-pyrrole nitrogens is 1. The highest BCUT2D eigenvalue weighted by molar-refractivity contribution is 6.55. The van der Waals surface area contributed by atoms with Crippen molar-refractivity contribution in [3.05, 3.63) is 96.8 Å². The molecule has 0 bridgehead atoms. The van der Waals surface area contributed by atoms with E-state index in [1.54, 1.807) is 18.2 Å². The van der Waals surface area contributed by atoms with E-state index in [9.17, 15) is 14.4 Å². The lowest BCUT2D eigenvalue weighted by molar-refractivity contribution is -0.120. The van der Waals surface area contributed by atoms with Gasteiger partial charge in [0.1, 0.15) is 15.4 Å². The van der Waals surface area contributed by atoms with Crippen LogP contribution in [0.1, 0.15) is 27.5 Å². The maximum absolute atomic E-state index is 12.8. The fourth-order valence-corrected chi connectivity index (χ4v) is 5.85. The van der Waals surface area contributed by atoms with Gasteiger partial charge < -0.3 is 16.0 Å². The molecule has 2 atom stereocenters. The van der Waals surface area contributed by atoms with Crippen LogP contribution in [0.2, 0.25) is 15.1 Å². The van der Waals surface area contributed by atoms with E-state index in [4.69, 9.17) is 63.7 Å². The SMILES string of the molecule is NC(=O)C1(c2ccc(Cl)c(NC(=O)c3cccc(=O)[nH]3)c2)C(c2cc(Cl)cc(Cl)c2)C1(Cl)Cl. The highest BCUT2D eigenvalue weighted by Gasteiger charge is 2.80. The van der Waals surface area contributed by atoms with E-state index in [1.807, 2.05) is 0 Å². The summed E-state index contributed by atoms with van der Waals surface area (Å²) in [7, 11) is 0. The molecule has 6 nitrogen and oxygen atoms in total. The number of nitrogens with two attached hydrogens (primary N) is 1. The van der Waals surface area contributed by atoms with Gasteiger partial charge in [0.05, 0.1) is 10.7 Å². The molecule has 1 aliphatic rings. The summed E-state index contributed by atoms with van der Waals surface area (Å²) in [6.07, 6.45) is 0. The Bertz CT molecular complexity index is 1340. The van der Waals surface area contributed by atoms with Crippen molar-refractivity contribution in [3.63, 3.8) is 0 Å². The zero-order valence-corrected chi connectivity index (χ0v) is 20.2. The van der Waals surface area contributed by atoms with Crippen LogP contribution >= 0.6 is 58.0 Å². The van der Waals surface area contributed by atoms with Crippen LogP contribution in [-0.2, 0) is 10.2 Å². The van der Waals surface area contributed by atoms with Gasteiger partial charge in [0.2, 0.25) is 11.5 Å². The van der Waals surface area contributed by atoms with Crippen LogP contribution in [0.4, 0.5) is 5.69 Å². The zero-order chi connectivity index (χ0) is 24.1. The minimum atomic E-state index is -1.62. The van der Waals surface area contributed by atoms with Crippen molar-refractivity contribution >= 4 is 75.5 Å². The van der Waals surface area contributed by atoms with Crippen LogP contribution in [0.5, 0.6) is 0 Å². The van der Waals surface area contributed by atoms with Crippen molar-refractivity contribution in [1.82, 2.24) is 4.98 Å². The average Bonchev–Trinajstić information content (AvgIpc) is 3.26. The third-order valence-corrected chi connectivity index (χ3v) is 7.33. The lowest BCUT2D eigenvalue weighted by Crippen LogP contribution is -2.34. The first-order valence-corrected chi connectivity index (χ1v) is 11.3. The maximum atomic E-state index is 12.8. The molecule has 4 N–H and O–H groups in total. The summed E-state index contributed by atoms with van der Waals surface area (Å²) >= 11 is 31.8.